The number of fused-ring (bicyclic) bond motifs is 1. The SMILES string of the molecule is CCN(Cc1ccccc1)C(=O)CNC(=O)[C@@]12CCCC[C@H]1CNC2. The highest BCUT2D eigenvalue weighted by Crippen LogP contribution is 2.43. The Morgan fingerprint density at radius 1 is 1.28 bits per heavy atom. The lowest BCUT2D eigenvalue weighted by Crippen LogP contribution is -2.50. The largest absolute Gasteiger partial charge is 0.346 e. The van der Waals surface area contributed by atoms with Gasteiger partial charge in [-0.2, -0.15) is 0 Å². The molecule has 1 saturated carbocycles. The Balaban J connectivity index is 1.56. The van der Waals surface area contributed by atoms with Crippen LogP contribution in [0.5, 0.6) is 0 Å². The smallest absolute Gasteiger partial charge is 0.242 e. The third kappa shape index (κ3) is 3.87. The zero-order chi connectivity index (χ0) is 17.7. The normalized spacial score (nSPS) is 25.2. The molecule has 25 heavy (non-hydrogen) atoms. The second kappa shape index (κ2) is 8.00. The third-order valence-corrected chi connectivity index (χ3v) is 5.84. The van der Waals surface area contributed by atoms with Crippen LogP contribution in [0.15, 0.2) is 30.3 Å². The molecule has 5 nitrogen and oxygen atoms in total. The molecule has 1 aliphatic heterocycles. The van der Waals surface area contributed by atoms with Gasteiger partial charge < -0.3 is 15.5 Å². The van der Waals surface area contributed by atoms with Crippen LogP contribution < -0.4 is 10.6 Å². The van der Waals surface area contributed by atoms with Gasteiger partial charge in [-0.25, -0.2) is 0 Å². The minimum atomic E-state index is -0.297. The number of nitrogens with zero attached hydrogens (tertiary/aromatic N) is 1. The van der Waals surface area contributed by atoms with Crippen LogP contribution in [0.1, 0.15) is 38.2 Å². The maximum Gasteiger partial charge on any atom is 0.242 e. The van der Waals surface area contributed by atoms with Crippen LogP contribution in [0.25, 0.3) is 0 Å². The second-order valence-electron chi connectivity index (χ2n) is 7.31. The lowest BCUT2D eigenvalue weighted by molar-refractivity contribution is -0.138. The van der Waals surface area contributed by atoms with Crippen LogP contribution in [0, 0.1) is 11.3 Å². The molecule has 0 bridgehead atoms. The van der Waals surface area contributed by atoms with Crippen molar-refractivity contribution in [2.75, 3.05) is 26.2 Å². The quantitative estimate of drug-likeness (QED) is 0.830. The van der Waals surface area contributed by atoms with Crippen molar-refractivity contribution in [3.8, 4) is 0 Å². The van der Waals surface area contributed by atoms with E-state index in [2.05, 4.69) is 10.6 Å². The Morgan fingerprint density at radius 3 is 2.84 bits per heavy atom. The van der Waals surface area contributed by atoms with Gasteiger partial charge in [0.05, 0.1) is 12.0 Å². The van der Waals surface area contributed by atoms with Crippen LogP contribution in [-0.4, -0.2) is 42.9 Å². The Bertz CT molecular complexity index is 604. The molecule has 0 aromatic heterocycles. The number of amides is 2. The number of rotatable bonds is 6. The molecule has 0 spiro atoms. The van der Waals surface area contributed by atoms with Crippen molar-refractivity contribution in [3.05, 3.63) is 35.9 Å². The van der Waals surface area contributed by atoms with E-state index in [9.17, 15) is 9.59 Å². The highest BCUT2D eigenvalue weighted by atomic mass is 16.2. The average molecular weight is 343 g/mol. The summed E-state index contributed by atoms with van der Waals surface area (Å²) in [6.07, 6.45) is 4.37. The fourth-order valence-electron chi connectivity index (χ4n) is 4.31. The molecule has 2 aliphatic rings. The first-order valence-corrected chi connectivity index (χ1v) is 9.46. The summed E-state index contributed by atoms with van der Waals surface area (Å²) < 4.78 is 0. The molecule has 1 aromatic rings. The van der Waals surface area contributed by atoms with Gasteiger partial charge in [0.1, 0.15) is 0 Å². The molecule has 1 heterocycles. The monoisotopic (exact) mass is 343 g/mol. The van der Waals surface area contributed by atoms with Gasteiger partial charge in [-0.1, -0.05) is 43.2 Å². The van der Waals surface area contributed by atoms with E-state index in [0.717, 1.165) is 37.9 Å². The number of carbonyl (C=O) groups excluding carboxylic acids is 2. The van der Waals surface area contributed by atoms with Crippen molar-refractivity contribution in [1.29, 1.82) is 0 Å². The molecular formula is C20H29N3O2. The van der Waals surface area contributed by atoms with Crippen molar-refractivity contribution in [2.45, 2.75) is 39.2 Å². The van der Waals surface area contributed by atoms with E-state index in [1.54, 1.807) is 4.90 Å². The number of carbonyl (C=O) groups is 2. The maximum absolute atomic E-state index is 12.9. The molecule has 1 saturated heterocycles. The molecule has 136 valence electrons. The lowest BCUT2D eigenvalue weighted by Gasteiger charge is -2.37. The number of nitrogens with one attached hydrogen (secondary N) is 2. The molecule has 1 aromatic carbocycles. The van der Waals surface area contributed by atoms with Gasteiger partial charge in [0.15, 0.2) is 0 Å². The van der Waals surface area contributed by atoms with Crippen molar-refractivity contribution in [2.24, 2.45) is 11.3 Å². The summed E-state index contributed by atoms with van der Waals surface area (Å²) in [7, 11) is 0. The molecule has 2 fully saturated rings. The molecule has 2 N–H and O–H groups in total. The third-order valence-electron chi connectivity index (χ3n) is 5.84. The zero-order valence-electron chi connectivity index (χ0n) is 15.1. The Hall–Kier alpha value is -1.88. The van der Waals surface area contributed by atoms with Crippen LogP contribution in [0.2, 0.25) is 0 Å². The summed E-state index contributed by atoms with van der Waals surface area (Å²) in [6, 6.07) is 9.96. The van der Waals surface area contributed by atoms with E-state index in [1.165, 1.54) is 6.42 Å². The summed E-state index contributed by atoms with van der Waals surface area (Å²) >= 11 is 0. The summed E-state index contributed by atoms with van der Waals surface area (Å²) in [5.74, 6) is 0.462. The highest BCUT2D eigenvalue weighted by Gasteiger charge is 2.49. The topological polar surface area (TPSA) is 61.4 Å². The van der Waals surface area contributed by atoms with Crippen LogP contribution in [0.3, 0.4) is 0 Å². The van der Waals surface area contributed by atoms with Gasteiger partial charge in [-0.3, -0.25) is 9.59 Å². The van der Waals surface area contributed by atoms with Crippen LogP contribution in [-0.2, 0) is 16.1 Å². The van der Waals surface area contributed by atoms with Gasteiger partial charge in [-0.05, 0) is 37.8 Å². The predicted octanol–water partition coefficient (Wildman–Crippen LogP) is 1.93. The summed E-state index contributed by atoms with van der Waals surface area (Å²) in [5, 5.41) is 6.33. The van der Waals surface area contributed by atoms with Crippen LogP contribution in [0.4, 0.5) is 0 Å². The van der Waals surface area contributed by atoms with E-state index in [1.807, 2.05) is 37.3 Å². The Morgan fingerprint density at radius 2 is 2.08 bits per heavy atom. The predicted molar refractivity (Wildman–Crippen MR) is 97.8 cm³/mol. The van der Waals surface area contributed by atoms with Crippen LogP contribution >= 0.6 is 0 Å². The molecule has 5 heteroatoms. The fraction of sp³-hybridized carbons (Fsp3) is 0.600. The molecular weight excluding hydrogens is 314 g/mol. The minimum Gasteiger partial charge on any atom is -0.346 e. The number of hydrogen-bond acceptors (Lipinski definition) is 3. The van der Waals surface area contributed by atoms with Crippen molar-refractivity contribution < 1.29 is 9.59 Å². The van der Waals surface area contributed by atoms with E-state index in [-0.39, 0.29) is 23.8 Å². The number of hydrogen-bond donors (Lipinski definition) is 2. The minimum absolute atomic E-state index is 0.0191. The summed E-state index contributed by atoms with van der Waals surface area (Å²) in [6.45, 7) is 4.96. The zero-order valence-corrected chi connectivity index (χ0v) is 15.1. The highest BCUT2D eigenvalue weighted by molar-refractivity contribution is 5.88. The Kier molecular flexibility index (Phi) is 5.74. The summed E-state index contributed by atoms with van der Waals surface area (Å²) in [4.78, 5) is 27.2. The standard InChI is InChI=1S/C20H29N3O2/c1-2-23(14-16-8-4-3-5-9-16)18(24)13-22-19(25)20-11-7-6-10-17(20)12-21-15-20/h3-5,8-9,17,21H,2,6-7,10-15H2,1H3,(H,22,25)/t17-,20+/m0/s1. The van der Waals surface area contributed by atoms with E-state index < -0.39 is 0 Å². The fourth-order valence-corrected chi connectivity index (χ4v) is 4.31. The summed E-state index contributed by atoms with van der Waals surface area (Å²) in [5.41, 5.74) is 0.810. The van der Waals surface area contributed by atoms with Gasteiger partial charge in [0.2, 0.25) is 11.8 Å². The van der Waals surface area contributed by atoms with Gasteiger partial charge >= 0.3 is 0 Å². The van der Waals surface area contributed by atoms with E-state index in [0.29, 0.717) is 19.0 Å². The first-order valence-electron chi connectivity index (χ1n) is 9.46. The molecule has 2 atom stereocenters. The van der Waals surface area contributed by atoms with Crippen molar-refractivity contribution in [3.63, 3.8) is 0 Å². The molecule has 3 rings (SSSR count). The molecule has 0 radical (unpaired) electrons. The van der Waals surface area contributed by atoms with E-state index in [4.69, 9.17) is 0 Å². The average Bonchev–Trinajstić information content (AvgIpc) is 3.10. The number of likely N-dealkylation sites (N-methyl/N-ethyl adjacent to an activating group) is 1. The lowest BCUT2D eigenvalue weighted by atomic mass is 9.67. The van der Waals surface area contributed by atoms with Crippen molar-refractivity contribution in [1.82, 2.24) is 15.5 Å². The first-order chi connectivity index (χ1) is 12.2. The second-order valence-corrected chi connectivity index (χ2v) is 7.31. The van der Waals surface area contributed by atoms with Gasteiger partial charge in [-0.15, -0.1) is 0 Å². The van der Waals surface area contributed by atoms with E-state index >= 15 is 0 Å². The maximum atomic E-state index is 12.9. The molecule has 2 amide bonds. The first kappa shape index (κ1) is 17.9. The molecule has 0 unspecified atom stereocenters. The van der Waals surface area contributed by atoms with Gasteiger partial charge in [0.25, 0.3) is 0 Å². The number of benzene rings is 1. The molecule has 1 aliphatic carbocycles. The van der Waals surface area contributed by atoms with Gasteiger partial charge in [0, 0.05) is 19.6 Å². The van der Waals surface area contributed by atoms with Crippen molar-refractivity contribution >= 4 is 11.8 Å². The Labute approximate surface area is 150 Å².